The van der Waals surface area contributed by atoms with E-state index in [1.165, 1.54) is 4.90 Å². The third-order valence-corrected chi connectivity index (χ3v) is 4.00. The van der Waals surface area contributed by atoms with E-state index in [9.17, 15) is 0 Å². The summed E-state index contributed by atoms with van der Waals surface area (Å²) < 4.78 is 10.6. The van der Waals surface area contributed by atoms with Gasteiger partial charge < -0.3 is 15.0 Å². The van der Waals surface area contributed by atoms with Crippen LogP contribution in [0, 0.1) is 0 Å². The second-order valence-electron chi connectivity index (χ2n) is 4.61. The van der Waals surface area contributed by atoms with Crippen LogP contribution in [0.25, 0.3) is 11.4 Å². The molecule has 0 spiro atoms. The molecule has 1 unspecified atom stereocenters. The molecule has 19 heavy (non-hydrogen) atoms. The van der Waals surface area contributed by atoms with Gasteiger partial charge in [-0.3, -0.25) is 0 Å². The largest absolute Gasteiger partial charge is 0.379 e. The average Bonchev–Trinajstić information content (AvgIpc) is 3.08. The molecule has 1 aromatic heterocycles. The van der Waals surface area contributed by atoms with E-state index in [0.29, 0.717) is 31.3 Å². The van der Waals surface area contributed by atoms with Gasteiger partial charge in [0.1, 0.15) is 5.54 Å². The molecule has 1 atom stereocenters. The normalized spacial score (nSPS) is 22.8. The quantitative estimate of drug-likeness (QED) is 0.865. The highest BCUT2D eigenvalue weighted by molar-refractivity contribution is 7.98. The summed E-state index contributed by atoms with van der Waals surface area (Å²) in [5.74, 6) is 1.02. The van der Waals surface area contributed by atoms with E-state index in [1.807, 2.05) is 30.5 Å². The molecule has 2 aromatic rings. The van der Waals surface area contributed by atoms with Crippen molar-refractivity contribution in [2.45, 2.75) is 16.9 Å². The van der Waals surface area contributed by atoms with Crippen LogP contribution in [-0.4, -0.2) is 29.6 Å². The second kappa shape index (κ2) is 4.96. The van der Waals surface area contributed by atoms with Gasteiger partial charge in [0.25, 0.3) is 0 Å². The van der Waals surface area contributed by atoms with E-state index >= 15 is 0 Å². The van der Waals surface area contributed by atoms with Crippen LogP contribution in [0.2, 0.25) is 0 Å². The second-order valence-corrected chi connectivity index (χ2v) is 5.49. The monoisotopic (exact) mass is 277 g/mol. The Kier molecular flexibility index (Phi) is 3.30. The topological polar surface area (TPSA) is 74.2 Å². The highest BCUT2D eigenvalue weighted by atomic mass is 32.2. The first-order valence-corrected chi connectivity index (χ1v) is 7.29. The van der Waals surface area contributed by atoms with Gasteiger partial charge in [0.05, 0.1) is 6.61 Å². The standard InChI is InChI=1S/C13H15N3O2S/c1-19-10-4-2-9(3-5-10)11-15-12(18-16-11)13(14)6-7-17-8-13/h2-5H,6-8,14H2,1H3. The molecule has 6 heteroatoms. The predicted molar refractivity (Wildman–Crippen MR) is 72.8 cm³/mol. The molecule has 2 heterocycles. The van der Waals surface area contributed by atoms with Gasteiger partial charge in [0.2, 0.25) is 11.7 Å². The van der Waals surface area contributed by atoms with Crippen LogP contribution < -0.4 is 5.73 Å². The molecule has 1 aliphatic heterocycles. The van der Waals surface area contributed by atoms with E-state index < -0.39 is 5.54 Å². The lowest BCUT2D eigenvalue weighted by atomic mass is 10.0. The first kappa shape index (κ1) is 12.7. The fourth-order valence-corrected chi connectivity index (χ4v) is 2.44. The summed E-state index contributed by atoms with van der Waals surface area (Å²) in [7, 11) is 0. The number of nitrogens with zero attached hydrogens (tertiary/aromatic N) is 2. The van der Waals surface area contributed by atoms with E-state index in [2.05, 4.69) is 10.1 Å². The third-order valence-electron chi connectivity index (χ3n) is 3.25. The molecule has 1 aromatic carbocycles. The van der Waals surface area contributed by atoms with Crippen LogP contribution in [-0.2, 0) is 10.3 Å². The summed E-state index contributed by atoms with van der Waals surface area (Å²) in [5.41, 5.74) is 6.48. The molecule has 0 radical (unpaired) electrons. The van der Waals surface area contributed by atoms with E-state index in [4.69, 9.17) is 15.0 Å². The lowest BCUT2D eigenvalue weighted by Crippen LogP contribution is -2.37. The highest BCUT2D eigenvalue weighted by Gasteiger charge is 2.38. The SMILES string of the molecule is CSc1ccc(-c2noc(C3(N)CCOC3)n2)cc1. The maximum absolute atomic E-state index is 6.19. The highest BCUT2D eigenvalue weighted by Crippen LogP contribution is 2.28. The molecule has 1 saturated heterocycles. The maximum atomic E-state index is 6.19. The summed E-state index contributed by atoms with van der Waals surface area (Å²) in [4.78, 5) is 5.60. The Hall–Kier alpha value is -1.37. The lowest BCUT2D eigenvalue weighted by molar-refractivity contribution is 0.166. The fraction of sp³-hybridized carbons (Fsp3) is 0.385. The molecule has 1 aliphatic rings. The number of nitrogens with two attached hydrogens (primary N) is 1. The number of aromatic nitrogens is 2. The van der Waals surface area contributed by atoms with Crippen molar-refractivity contribution >= 4 is 11.8 Å². The molecule has 0 aliphatic carbocycles. The van der Waals surface area contributed by atoms with Gasteiger partial charge in [0, 0.05) is 17.1 Å². The molecule has 5 nitrogen and oxygen atoms in total. The first-order valence-electron chi connectivity index (χ1n) is 6.06. The summed E-state index contributed by atoms with van der Waals surface area (Å²) in [6.07, 6.45) is 2.75. The summed E-state index contributed by atoms with van der Waals surface area (Å²) >= 11 is 1.70. The van der Waals surface area contributed by atoms with Crippen molar-refractivity contribution in [3.05, 3.63) is 30.2 Å². The van der Waals surface area contributed by atoms with Crippen LogP contribution in [0.1, 0.15) is 12.3 Å². The zero-order valence-corrected chi connectivity index (χ0v) is 11.4. The molecule has 1 fully saturated rings. The van der Waals surface area contributed by atoms with Crippen molar-refractivity contribution in [3.63, 3.8) is 0 Å². The Labute approximate surface area is 115 Å². The van der Waals surface area contributed by atoms with E-state index in [1.54, 1.807) is 11.8 Å². The summed E-state index contributed by atoms with van der Waals surface area (Å²) in [6, 6.07) is 8.03. The minimum absolute atomic E-state index is 0.431. The fourth-order valence-electron chi connectivity index (χ4n) is 2.03. The summed E-state index contributed by atoms with van der Waals surface area (Å²) in [6.45, 7) is 1.07. The van der Waals surface area contributed by atoms with Gasteiger partial charge in [-0.25, -0.2) is 0 Å². The first-order chi connectivity index (χ1) is 9.21. The minimum Gasteiger partial charge on any atom is -0.379 e. The molecule has 0 saturated carbocycles. The van der Waals surface area contributed by atoms with Crippen molar-refractivity contribution < 1.29 is 9.26 Å². The average molecular weight is 277 g/mol. The zero-order valence-electron chi connectivity index (χ0n) is 10.6. The van der Waals surface area contributed by atoms with Crippen molar-refractivity contribution in [2.75, 3.05) is 19.5 Å². The minimum atomic E-state index is -0.634. The number of hydrogen-bond donors (Lipinski definition) is 1. The van der Waals surface area contributed by atoms with Crippen LogP contribution in [0.15, 0.2) is 33.7 Å². The Morgan fingerprint density at radius 3 is 2.74 bits per heavy atom. The van der Waals surface area contributed by atoms with Crippen molar-refractivity contribution in [2.24, 2.45) is 5.73 Å². The number of thioether (sulfide) groups is 1. The molecular formula is C13H15N3O2S. The Bertz CT molecular complexity index is 562. The van der Waals surface area contributed by atoms with Crippen LogP contribution in [0.5, 0.6) is 0 Å². The maximum Gasteiger partial charge on any atom is 0.249 e. The smallest absolute Gasteiger partial charge is 0.249 e. The van der Waals surface area contributed by atoms with E-state index in [-0.39, 0.29) is 0 Å². The molecule has 0 amide bonds. The molecule has 2 N–H and O–H groups in total. The Balaban J connectivity index is 1.87. The van der Waals surface area contributed by atoms with Gasteiger partial charge >= 0.3 is 0 Å². The van der Waals surface area contributed by atoms with Crippen molar-refractivity contribution in [1.29, 1.82) is 0 Å². The number of benzene rings is 1. The molecule has 0 bridgehead atoms. The van der Waals surface area contributed by atoms with Crippen molar-refractivity contribution in [3.8, 4) is 11.4 Å². The van der Waals surface area contributed by atoms with E-state index in [0.717, 1.165) is 5.56 Å². The van der Waals surface area contributed by atoms with Gasteiger partial charge in [-0.2, -0.15) is 4.98 Å². The Morgan fingerprint density at radius 2 is 2.11 bits per heavy atom. The van der Waals surface area contributed by atoms with Crippen molar-refractivity contribution in [1.82, 2.24) is 10.1 Å². The van der Waals surface area contributed by atoms with Gasteiger partial charge in [-0.1, -0.05) is 5.16 Å². The molecular weight excluding hydrogens is 262 g/mol. The van der Waals surface area contributed by atoms with Crippen LogP contribution >= 0.6 is 11.8 Å². The molecule has 100 valence electrons. The summed E-state index contributed by atoms with van der Waals surface area (Å²) in [5, 5.41) is 4.00. The van der Waals surface area contributed by atoms with Gasteiger partial charge in [0.15, 0.2) is 0 Å². The number of ether oxygens (including phenoxy) is 1. The zero-order chi connectivity index (χ0) is 13.3. The number of rotatable bonds is 3. The van der Waals surface area contributed by atoms with Crippen LogP contribution in [0.3, 0.4) is 0 Å². The molecule has 3 rings (SSSR count). The lowest BCUT2D eigenvalue weighted by Gasteiger charge is -2.14. The third kappa shape index (κ3) is 2.39. The van der Waals surface area contributed by atoms with Gasteiger partial charge in [-0.05, 0) is 36.9 Å². The van der Waals surface area contributed by atoms with Gasteiger partial charge in [-0.15, -0.1) is 11.8 Å². The predicted octanol–water partition coefficient (Wildman–Crippen LogP) is 2.03. The Morgan fingerprint density at radius 1 is 1.32 bits per heavy atom. The van der Waals surface area contributed by atoms with Crippen LogP contribution in [0.4, 0.5) is 0 Å². The number of hydrogen-bond acceptors (Lipinski definition) is 6.